The molecule has 0 aliphatic heterocycles. The van der Waals surface area contributed by atoms with Gasteiger partial charge < -0.3 is 9.15 Å². The number of ether oxygens (including phenoxy) is 1. The van der Waals surface area contributed by atoms with Crippen LogP contribution < -0.4 is 0 Å². The molecule has 3 heteroatoms. The summed E-state index contributed by atoms with van der Waals surface area (Å²) in [5.41, 5.74) is 2.00. The average Bonchev–Trinajstić information content (AvgIpc) is 2.78. The van der Waals surface area contributed by atoms with Crippen LogP contribution in [0, 0.1) is 0 Å². The molecule has 0 saturated carbocycles. The zero-order chi connectivity index (χ0) is 11.2. The molecule has 0 amide bonds. The van der Waals surface area contributed by atoms with Gasteiger partial charge in [0.2, 0.25) is 0 Å². The summed E-state index contributed by atoms with van der Waals surface area (Å²) in [5.74, 6) is 0.332. The molecule has 0 fully saturated rings. The summed E-state index contributed by atoms with van der Waals surface area (Å²) in [6, 6.07) is 11.6. The third-order valence-electron chi connectivity index (χ3n) is 2.17. The van der Waals surface area contributed by atoms with Gasteiger partial charge in [0.05, 0.1) is 19.5 Å². The molecule has 0 N–H and O–H groups in total. The molecule has 0 atom stereocenters. The average molecular weight is 216 g/mol. The molecule has 1 heterocycles. The monoisotopic (exact) mass is 216 g/mol. The van der Waals surface area contributed by atoms with Gasteiger partial charge in [-0.1, -0.05) is 30.3 Å². The minimum atomic E-state index is 0.332. The minimum Gasteiger partial charge on any atom is -0.461 e. The van der Waals surface area contributed by atoms with Crippen LogP contribution in [-0.2, 0) is 18.0 Å². The van der Waals surface area contributed by atoms with Gasteiger partial charge in [0.25, 0.3) is 0 Å². The second-order valence-electron chi connectivity index (χ2n) is 3.45. The Balaban J connectivity index is 1.82. The zero-order valence-electron chi connectivity index (χ0n) is 8.76. The summed E-state index contributed by atoms with van der Waals surface area (Å²) < 4.78 is 10.5. The van der Waals surface area contributed by atoms with E-state index in [1.165, 1.54) is 6.26 Å². The second-order valence-corrected chi connectivity index (χ2v) is 3.45. The van der Waals surface area contributed by atoms with E-state index in [9.17, 15) is 4.79 Å². The lowest BCUT2D eigenvalue weighted by atomic mass is 10.2. The molecule has 0 bridgehead atoms. The van der Waals surface area contributed by atoms with E-state index >= 15 is 0 Å². The number of rotatable bonds is 5. The van der Waals surface area contributed by atoms with Crippen molar-refractivity contribution in [3.63, 3.8) is 0 Å². The smallest absolute Gasteiger partial charge is 0.185 e. The summed E-state index contributed by atoms with van der Waals surface area (Å²) in [6.07, 6.45) is 2.22. The number of carbonyl (C=O) groups is 1. The minimum absolute atomic E-state index is 0.332. The van der Waals surface area contributed by atoms with Crippen molar-refractivity contribution in [2.75, 3.05) is 0 Å². The van der Waals surface area contributed by atoms with E-state index in [-0.39, 0.29) is 0 Å². The number of furan rings is 1. The van der Waals surface area contributed by atoms with Crippen LogP contribution in [0.5, 0.6) is 0 Å². The Hall–Kier alpha value is -1.87. The maximum absolute atomic E-state index is 10.4. The van der Waals surface area contributed by atoms with E-state index in [1.807, 2.05) is 30.3 Å². The molecular formula is C13H12O3. The summed E-state index contributed by atoms with van der Waals surface area (Å²) in [4.78, 5) is 10.4. The molecule has 0 aliphatic rings. The highest BCUT2D eigenvalue weighted by Gasteiger charge is 2.00. The summed E-state index contributed by atoms with van der Waals surface area (Å²) in [7, 11) is 0. The van der Waals surface area contributed by atoms with Gasteiger partial charge in [0.1, 0.15) is 0 Å². The topological polar surface area (TPSA) is 39.4 Å². The van der Waals surface area contributed by atoms with Gasteiger partial charge >= 0.3 is 0 Å². The van der Waals surface area contributed by atoms with E-state index in [0.717, 1.165) is 11.1 Å². The Bertz CT molecular complexity index is 445. The van der Waals surface area contributed by atoms with E-state index in [2.05, 4.69) is 0 Å². The molecule has 0 radical (unpaired) electrons. The van der Waals surface area contributed by atoms with Gasteiger partial charge in [-0.05, 0) is 11.6 Å². The molecular weight excluding hydrogens is 204 g/mol. The first-order chi connectivity index (χ1) is 7.88. The highest BCUT2D eigenvalue weighted by atomic mass is 16.5. The molecule has 0 aliphatic carbocycles. The van der Waals surface area contributed by atoms with Crippen LogP contribution in [0.2, 0.25) is 0 Å². The Morgan fingerprint density at radius 1 is 1.12 bits per heavy atom. The molecule has 82 valence electrons. The predicted molar refractivity (Wildman–Crippen MR) is 59.0 cm³/mol. The number of hydrogen-bond donors (Lipinski definition) is 0. The first-order valence-electron chi connectivity index (χ1n) is 5.03. The Morgan fingerprint density at radius 2 is 1.88 bits per heavy atom. The molecule has 1 aromatic heterocycles. The van der Waals surface area contributed by atoms with E-state index < -0.39 is 0 Å². The van der Waals surface area contributed by atoms with Crippen molar-refractivity contribution in [3.05, 3.63) is 59.5 Å². The van der Waals surface area contributed by atoms with E-state index in [1.54, 1.807) is 6.07 Å². The number of carbonyl (C=O) groups excluding carboxylic acids is 1. The van der Waals surface area contributed by atoms with E-state index in [0.29, 0.717) is 25.3 Å². The quantitative estimate of drug-likeness (QED) is 0.721. The van der Waals surface area contributed by atoms with Crippen molar-refractivity contribution < 1.29 is 13.9 Å². The number of benzene rings is 1. The van der Waals surface area contributed by atoms with Crippen LogP contribution in [-0.4, -0.2) is 6.29 Å². The molecule has 3 nitrogen and oxygen atoms in total. The van der Waals surface area contributed by atoms with Crippen LogP contribution in [0.15, 0.2) is 47.1 Å². The van der Waals surface area contributed by atoms with Crippen LogP contribution in [0.1, 0.15) is 21.7 Å². The van der Waals surface area contributed by atoms with E-state index in [4.69, 9.17) is 9.15 Å². The summed E-state index contributed by atoms with van der Waals surface area (Å²) >= 11 is 0. The van der Waals surface area contributed by atoms with Crippen molar-refractivity contribution in [2.24, 2.45) is 0 Å². The summed E-state index contributed by atoms with van der Waals surface area (Å²) in [5, 5.41) is 0. The standard InChI is InChI=1S/C13H12O3/c14-7-13-6-12(10-16-13)9-15-8-11-4-2-1-3-5-11/h1-7,10H,8-9H2. The highest BCUT2D eigenvalue weighted by molar-refractivity contribution is 5.70. The van der Waals surface area contributed by atoms with Crippen molar-refractivity contribution >= 4 is 6.29 Å². The fraction of sp³-hybridized carbons (Fsp3) is 0.154. The molecule has 16 heavy (non-hydrogen) atoms. The van der Waals surface area contributed by atoms with Crippen LogP contribution in [0.3, 0.4) is 0 Å². The zero-order valence-corrected chi connectivity index (χ0v) is 8.76. The van der Waals surface area contributed by atoms with Gasteiger partial charge in [-0.25, -0.2) is 0 Å². The Kier molecular flexibility index (Phi) is 3.51. The van der Waals surface area contributed by atoms with Crippen LogP contribution in [0.4, 0.5) is 0 Å². The predicted octanol–water partition coefficient (Wildman–Crippen LogP) is 2.81. The highest BCUT2D eigenvalue weighted by Crippen LogP contribution is 2.08. The normalized spacial score (nSPS) is 10.2. The summed E-state index contributed by atoms with van der Waals surface area (Å²) in [6.45, 7) is 1.01. The lowest BCUT2D eigenvalue weighted by Gasteiger charge is -2.01. The van der Waals surface area contributed by atoms with Crippen molar-refractivity contribution in [3.8, 4) is 0 Å². The van der Waals surface area contributed by atoms with Crippen LogP contribution in [0.25, 0.3) is 0 Å². The maximum Gasteiger partial charge on any atom is 0.185 e. The van der Waals surface area contributed by atoms with Gasteiger partial charge in [-0.3, -0.25) is 4.79 Å². The van der Waals surface area contributed by atoms with Gasteiger partial charge in [0, 0.05) is 5.56 Å². The Labute approximate surface area is 93.7 Å². The molecule has 0 spiro atoms. The third kappa shape index (κ3) is 2.81. The van der Waals surface area contributed by atoms with Crippen molar-refractivity contribution in [1.29, 1.82) is 0 Å². The largest absolute Gasteiger partial charge is 0.461 e. The van der Waals surface area contributed by atoms with Crippen molar-refractivity contribution in [1.82, 2.24) is 0 Å². The molecule has 0 saturated heterocycles. The molecule has 1 aromatic carbocycles. The molecule has 0 unspecified atom stereocenters. The number of aldehydes is 1. The third-order valence-corrected chi connectivity index (χ3v) is 2.17. The second kappa shape index (κ2) is 5.28. The lowest BCUT2D eigenvalue weighted by Crippen LogP contribution is -1.92. The van der Waals surface area contributed by atoms with Gasteiger partial charge in [-0.15, -0.1) is 0 Å². The fourth-order valence-corrected chi connectivity index (χ4v) is 1.39. The Morgan fingerprint density at radius 3 is 2.56 bits per heavy atom. The van der Waals surface area contributed by atoms with Crippen molar-refractivity contribution in [2.45, 2.75) is 13.2 Å². The van der Waals surface area contributed by atoms with Gasteiger partial charge in [-0.2, -0.15) is 0 Å². The molecule has 2 aromatic rings. The van der Waals surface area contributed by atoms with Crippen LogP contribution >= 0.6 is 0 Å². The van der Waals surface area contributed by atoms with Gasteiger partial charge in [0.15, 0.2) is 12.0 Å². The first kappa shape index (κ1) is 10.6. The lowest BCUT2D eigenvalue weighted by molar-refractivity contribution is 0.107. The SMILES string of the molecule is O=Cc1cc(COCc2ccccc2)co1. The maximum atomic E-state index is 10.4. The fourth-order valence-electron chi connectivity index (χ4n) is 1.39. The first-order valence-corrected chi connectivity index (χ1v) is 5.03. The number of hydrogen-bond acceptors (Lipinski definition) is 3. The molecule has 2 rings (SSSR count).